The number of hydrogen-bond acceptors (Lipinski definition) is 6. The highest BCUT2D eigenvalue weighted by molar-refractivity contribution is 7.89. The van der Waals surface area contributed by atoms with Gasteiger partial charge in [-0.05, 0) is 55.2 Å². The number of nitrogens with zero attached hydrogens (tertiary/aromatic N) is 5. The van der Waals surface area contributed by atoms with Crippen LogP contribution in [0.5, 0.6) is 0 Å². The predicted octanol–water partition coefficient (Wildman–Crippen LogP) is 3.72. The Balaban J connectivity index is 1.85. The van der Waals surface area contributed by atoms with E-state index in [0.29, 0.717) is 30.0 Å². The molecule has 1 atom stereocenters. The van der Waals surface area contributed by atoms with Gasteiger partial charge in [0.15, 0.2) is 11.6 Å². The lowest BCUT2D eigenvalue weighted by molar-refractivity contribution is 0.390. The van der Waals surface area contributed by atoms with E-state index < -0.39 is 27.7 Å². The summed E-state index contributed by atoms with van der Waals surface area (Å²) in [6.07, 6.45) is 6.24. The van der Waals surface area contributed by atoms with Crippen LogP contribution in [0.15, 0.2) is 47.8 Å². The van der Waals surface area contributed by atoms with Crippen molar-refractivity contribution in [1.82, 2.24) is 19.3 Å². The molecule has 168 valence electrons. The van der Waals surface area contributed by atoms with Crippen LogP contribution in [0.4, 0.5) is 14.7 Å². The standard InChI is InChI=1S/C22H23F2N5O2S/c1-14-12-25-9-8-16(14)17-13-26-22(28(2)3)27-21(17)20-5-4-10-29(20)32(30,31)15-6-7-18(23)19(24)11-15/h6-9,11-13,20H,4-5,10H2,1-3H3. The van der Waals surface area contributed by atoms with Crippen LogP contribution in [0, 0.1) is 18.6 Å². The molecule has 1 fully saturated rings. The molecule has 0 aliphatic carbocycles. The van der Waals surface area contributed by atoms with Gasteiger partial charge in [0.25, 0.3) is 0 Å². The van der Waals surface area contributed by atoms with E-state index in [1.165, 1.54) is 4.31 Å². The summed E-state index contributed by atoms with van der Waals surface area (Å²) in [5, 5.41) is 0. The monoisotopic (exact) mass is 459 g/mol. The average molecular weight is 460 g/mol. The van der Waals surface area contributed by atoms with Crippen LogP contribution >= 0.6 is 0 Å². The Bertz CT molecular complexity index is 1270. The largest absolute Gasteiger partial charge is 0.347 e. The van der Waals surface area contributed by atoms with Crippen LogP contribution < -0.4 is 4.90 Å². The topological polar surface area (TPSA) is 79.3 Å². The molecule has 0 amide bonds. The third-order valence-corrected chi connectivity index (χ3v) is 7.44. The molecule has 0 spiro atoms. The van der Waals surface area contributed by atoms with Crippen LogP contribution in [0.2, 0.25) is 0 Å². The number of pyridine rings is 1. The normalized spacial score (nSPS) is 17.0. The minimum absolute atomic E-state index is 0.252. The predicted molar refractivity (Wildman–Crippen MR) is 117 cm³/mol. The fourth-order valence-electron chi connectivity index (χ4n) is 3.91. The third-order valence-electron chi connectivity index (χ3n) is 5.53. The summed E-state index contributed by atoms with van der Waals surface area (Å²) >= 11 is 0. The zero-order chi connectivity index (χ0) is 23.0. The molecular formula is C22H23F2N5O2S. The number of benzene rings is 1. The molecule has 3 heterocycles. The van der Waals surface area contributed by atoms with Crippen LogP contribution in [0.1, 0.15) is 30.1 Å². The van der Waals surface area contributed by atoms with E-state index in [4.69, 9.17) is 4.98 Å². The minimum Gasteiger partial charge on any atom is -0.347 e. The average Bonchev–Trinajstić information content (AvgIpc) is 3.26. The van der Waals surface area contributed by atoms with E-state index in [-0.39, 0.29) is 11.4 Å². The van der Waals surface area contributed by atoms with E-state index in [1.807, 2.05) is 13.0 Å². The summed E-state index contributed by atoms with van der Waals surface area (Å²) in [5.41, 5.74) is 3.05. The Hall–Kier alpha value is -2.98. The van der Waals surface area contributed by atoms with Gasteiger partial charge in [-0.15, -0.1) is 0 Å². The maximum Gasteiger partial charge on any atom is 0.243 e. The Morgan fingerprint density at radius 2 is 1.88 bits per heavy atom. The summed E-state index contributed by atoms with van der Waals surface area (Å²) in [6.45, 7) is 2.17. The van der Waals surface area contributed by atoms with Crippen molar-refractivity contribution in [2.24, 2.45) is 0 Å². The highest BCUT2D eigenvalue weighted by atomic mass is 32.2. The van der Waals surface area contributed by atoms with Gasteiger partial charge in [-0.2, -0.15) is 4.31 Å². The number of aryl methyl sites for hydroxylation is 1. The van der Waals surface area contributed by atoms with E-state index >= 15 is 0 Å². The highest BCUT2D eigenvalue weighted by Crippen LogP contribution is 2.40. The van der Waals surface area contributed by atoms with Crippen molar-refractivity contribution in [2.45, 2.75) is 30.7 Å². The van der Waals surface area contributed by atoms with Crippen LogP contribution in [-0.2, 0) is 10.0 Å². The molecule has 1 aromatic carbocycles. The molecule has 0 N–H and O–H groups in total. The van der Waals surface area contributed by atoms with Gasteiger partial charge in [0.1, 0.15) is 0 Å². The first-order valence-corrected chi connectivity index (χ1v) is 11.6. The van der Waals surface area contributed by atoms with E-state index in [2.05, 4.69) is 9.97 Å². The molecular weight excluding hydrogens is 436 g/mol. The molecule has 7 nitrogen and oxygen atoms in total. The first-order chi connectivity index (χ1) is 15.2. The number of aromatic nitrogens is 3. The number of rotatable bonds is 5. The fourth-order valence-corrected chi connectivity index (χ4v) is 5.58. The van der Waals surface area contributed by atoms with Gasteiger partial charge >= 0.3 is 0 Å². The first-order valence-electron chi connectivity index (χ1n) is 10.1. The van der Waals surface area contributed by atoms with Gasteiger partial charge in [0.05, 0.1) is 16.6 Å². The van der Waals surface area contributed by atoms with Crippen molar-refractivity contribution in [3.63, 3.8) is 0 Å². The highest BCUT2D eigenvalue weighted by Gasteiger charge is 2.39. The molecule has 1 unspecified atom stereocenters. The molecule has 4 rings (SSSR count). The van der Waals surface area contributed by atoms with Crippen molar-refractivity contribution in [2.75, 3.05) is 25.5 Å². The molecule has 0 saturated carbocycles. The Labute approximate surface area is 185 Å². The zero-order valence-electron chi connectivity index (χ0n) is 18.0. The minimum atomic E-state index is -4.08. The molecule has 2 aromatic heterocycles. The maximum atomic E-state index is 13.8. The molecule has 3 aromatic rings. The summed E-state index contributed by atoms with van der Waals surface area (Å²) < 4.78 is 55.3. The van der Waals surface area contributed by atoms with Crippen molar-refractivity contribution < 1.29 is 17.2 Å². The first kappa shape index (κ1) is 22.2. The van der Waals surface area contributed by atoms with Gasteiger partial charge in [-0.1, -0.05) is 0 Å². The SMILES string of the molecule is Cc1cnccc1-c1cnc(N(C)C)nc1C1CCCN1S(=O)(=O)c1ccc(F)c(F)c1. The Morgan fingerprint density at radius 1 is 1.09 bits per heavy atom. The van der Waals surface area contributed by atoms with Gasteiger partial charge in [0.2, 0.25) is 16.0 Å². The lowest BCUT2D eigenvalue weighted by Gasteiger charge is -2.26. The Kier molecular flexibility index (Phi) is 5.91. The van der Waals surface area contributed by atoms with Crippen molar-refractivity contribution in [3.8, 4) is 11.1 Å². The molecule has 1 aliphatic heterocycles. The lowest BCUT2D eigenvalue weighted by Crippen LogP contribution is -2.32. The third kappa shape index (κ3) is 3.95. The van der Waals surface area contributed by atoms with Crippen LogP contribution in [-0.4, -0.2) is 48.3 Å². The number of hydrogen-bond donors (Lipinski definition) is 0. The van der Waals surface area contributed by atoms with Crippen molar-refractivity contribution in [3.05, 3.63) is 65.7 Å². The second-order valence-corrected chi connectivity index (χ2v) is 9.79. The van der Waals surface area contributed by atoms with Crippen molar-refractivity contribution >= 4 is 16.0 Å². The van der Waals surface area contributed by atoms with E-state index in [0.717, 1.165) is 29.3 Å². The second-order valence-electron chi connectivity index (χ2n) is 7.90. The lowest BCUT2D eigenvalue weighted by atomic mass is 9.98. The van der Waals surface area contributed by atoms with Crippen LogP contribution in [0.3, 0.4) is 0 Å². The molecule has 0 bridgehead atoms. The number of halogens is 2. The molecule has 32 heavy (non-hydrogen) atoms. The summed E-state index contributed by atoms with van der Waals surface area (Å²) in [4.78, 5) is 14.7. The van der Waals surface area contributed by atoms with Gasteiger partial charge < -0.3 is 4.90 Å². The number of anilines is 1. The number of sulfonamides is 1. The van der Waals surface area contributed by atoms with Gasteiger partial charge in [-0.25, -0.2) is 27.2 Å². The quantitative estimate of drug-likeness (QED) is 0.579. The summed E-state index contributed by atoms with van der Waals surface area (Å²) in [6, 6.07) is 3.91. The van der Waals surface area contributed by atoms with E-state index in [9.17, 15) is 17.2 Å². The second kappa shape index (κ2) is 8.51. The smallest absolute Gasteiger partial charge is 0.243 e. The summed E-state index contributed by atoms with van der Waals surface area (Å²) in [7, 11) is -0.464. The van der Waals surface area contributed by atoms with Gasteiger partial charge in [-0.3, -0.25) is 4.98 Å². The van der Waals surface area contributed by atoms with Gasteiger partial charge in [0, 0.05) is 44.8 Å². The van der Waals surface area contributed by atoms with Crippen molar-refractivity contribution in [1.29, 1.82) is 0 Å². The molecule has 0 radical (unpaired) electrons. The maximum absolute atomic E-state index is 13.8. The Morgan fingerprint density at radius 3 is 2.56 bits per heavy atom. The zero-order valence-corrected chi connectivity index (χ0v) is 18.8. The molecule has 1 aliphatic rings. The fraction of sp³-hybridized carbons (Fsp3) is 0.318. The molecule has 10 heteroatoms. The van der Waals surface area contributed by atoms with E-state index in [1.54, 1.807) is 37.6 Å². The molecule has 1 saturated heterocycles. The summed E-state index contributed by atoms with van der Waals surface area (Å²) in [5.74, 6) is -1.84. The van der Waals surface area contributed by atoms with Crippen LogP contribution in [0.25, 0.3) is 11.1 Å².